The van der Waals surface area contributed by atoms with Crippen LogP contribution in [-0.4, -0.2) is 14.5 Å². The predicted molar refractivity (Wildman–Crippen MR) is 125 cm³/mol. The Morgan fingerprint density at radius 3 is 2.53 bits per heavy atom. The van der Waals surface area contributed by atoms with Crippen molar-refractivity contribution in [2.75, 3.05) is 5.32 Å². The Bertz CT molecular complexity index is 1110. The van der Waals surface area contributed by atoms with Crippen LogP contribution in [0.1, 0.15) is 30.7 Å². The zero-order valence-corrected chi connectivity index (χ0v) is 17.4. The fourth-order valence-corrected chi connectivity index (χ4v) is 3.28. The zero-order valence-electron chi connectivity index (χ0n) is 17.4. The maximum atomic E-state index is 4.53. The number of nitrogens with one attached hydrogen (secondary N) is 1. The first-order valence-corrected chi connectivity index (χ1v) is 10.2. The lowest BCUT2D eigenvalue weighted by molar-refractivity contribution is 0.637. The molecule has 1 N–H and O–H groups in total. The third-order valence-electron chi connectivity index (χ3n) is 4.75. The summed E-state index contributed by atoms with van der Waals surface area (Å²) in [5.74, 6) is 0.600. The van der Waals surface area contributed by atoms with E-state index in [1.54, 1.807) is 6.20 Å². The fourth-order valence-electron chi connectivity index (χ4n) is 3.28. The second kappa shape index (κ2) is 9.23. The van der Waals surface area contributed by atoms with Crippen LogP contribution in [0, 0.1) is 5.92 Å². The van der Waals surface area contributed by atoms with Gasteiger partial charge in [-0.15, -0.1) is 0 Å². The molecule has 4 nitrogen and oxygen atoms in total. The summed E-state index contributed by atoms with van der Waals surface area (Å²) in [4.78, 5) is 8.66. The molecule has 0 aliphatic rings. The standard InChI is InChI=1S/C26H26N4/c1-20(2)15-25-18-30(19-28-25)26-7-3-6-24(16-26)29-23-12-10-21(11-13-23)8-9-22-5-4-14-27-17-22/h3-14,16-20,29H,15H2,1-2H3/b9-8+. The van der Waals surface area contributed by atoms with Crippen LogP contribution in [0.3, 0.4) is 0 Å². The molecule has 2 aromatic carbocycles. The van der Waals surface area contributed by atoms with Crippen LogP contribution in [0.25, 0.3) is 17.8 Å². The normalized spacial score (nSPS) is 11.3. The highest BCUT2D eigenvalue weighted by atomic mass is 15.0. The van der Waals surface area contributed by atoms with Gasteiger partial charge in [0, 0.05) is 35.7 Å². The van der Waals surface area contributed by atoms with Crippen molar-refractivity contribution < 1.29 is 0 Å². The predicted octanol–water partition coefficient (Wildman–Crippen LogP) is 6.38. The van der Waals surface area contributed by atoms with E-state index in [1.165, 1.54) is 0 Å². The van der Waals surface area contributed by atoms with Gasteiger partial charge in [0.15, 0.2) is 0 Å². The smallest absolute Gasteiger partial charge is 0.0995 e. The third kappa shape index (κ3) is 5.23. The van der Waals surface area contributed by atoms with E-state index in [0.717, 1.165) is 40.3 Å². The van der Waals surface area contributed by atoms with Crippen molar-refractivity contribution in [2.24, 2.45) is 5.92 Å². The lowest BCUT2D eigenvalue weighted by atomic mass is 10.1. The Hall–Kier alpha value is -3.66. The average Bonchev–Trinajstić information content (AvgIpc) is 3.22. The van der Waals surface area contributed by atoms with Gasteiger partial charge in [-0.05, 0) is 59.9 Å². The van der Waals surface area contributed by atoms with Crippen molar-refractivity contribution in [1.82, 2.24) is 14.5 Å². The molecule has 4 aromatic rings. The summed E-state index contributed by atoms with van der Waals surface area (Å²) in [6.07, 6.45) is 12.8. The molecule has 0 unspecified atom stereocenters. The molecular weight excluding hydrogens is 368 g/mol. The molecule has 2 heterocycles. The van der Waals surface area contributed by atoms with E-state index in [-0.39, 0.29) is 0 Å². The number of nitrogens with zero attached hydrogens (tertiary/aromatic N) is 3. The topological polar surface area (TPSA) is 42.7 Å². The molecule has 0 amide bonds. The summed E-state index contributed by atoms with van der Waals surface area (Å²) in [6, 6.07) is 20.7. The minimum Gasteiger partial charge on any atom is -0.355 e. The van der Waals surface area contributed by atoms with Crippen molar-refractivity contribution in [1.29, 1.82) is 0 Å². The summed E-state index contributed by atoms with van der Waals surface area (Å²) in [5.41, 5.74) is 6.56. The van der Waals surface area contributed by atoms with Gasteiger partial charge in [-0.2, -0.15) is 0 Å². The van der Waals surface area contributed by atoms with Crippen LogP contribution >= 0.6 is 0 Å². The van der Waals surface area contributed by atoms with Crippen LogP contribution in [0.15, 0.2) is 85.6 Å². The maximum absolute atomic E-state index is 4.53. The minimum absolute atomic E-state index is 0.600. The van der Waals surface area contributed by atoms with E-state index in [0.29, 0.717) is 5.92 Å². The zero-order chi connectivity index (χ0) is 20.8. The molecule has 150 valence electrons. The van der Waals surface area contributed by atoms with Gasteiger partial charge in [0.05, 0.1) is 12.0 Å². The summed E-state index contributed by atoms with van der Waals surface area (Å²) in [6.45, 7) is 4.42. The highest BCUT2D eigenvalue weighted by molar-refractivity contribution is 5.71. The molecule has 4 rings (SSSR count). The molecule has 0 saturated heterocycles. The largest absolute Gasteiger partial charge is 0.355 e. The second-order valence-corrected chi connectivity index (χ2v) is 7.79. The number of hydrogen-bond donors (Lipinski definition) is 1. The van der Waals surface area contributed by atoms with E-state index in [4.69, 9.17) is 0 Å². The molecule has 0 atom stereocenters. The number of imidazole rings is 1. The number of hydrogen-bond acceptors (Lipinski definition) is 3. The van der Waals surface area contributed by atoms with Crippen LogP contribution in [-0.2, 0) is 6.42 Å². The summed E-state index contributed by atoms with van der Waals surface area (Å²) in [5, 5.41) is 3.49. The molecular formula is C26H26N4. The van der Waals surface area contributed by atoms with Gasteiger partial charge < -0.3 is 9.88 Å². The molecule has 30 heavy (non-hydrogen) atoms. The van der Waals surface area contributed by atoms with Gasteiger partial charge in [-0.25, -0.2) is 4.98 Å². The Morgan fingerprint density at radius 1 is 0.933 bits per heavy atom. The van der Waals surface area contributed by atoms with E-state index in [1.807, 2.05) is 24.7 Å². The molecule has 2 aromatic heterocycles. The monoisotopic (exact) mass is 394 g/mol. The Morgan fingerprint density at radius 2 is 1.77 bits per heavy atom. The quantitative estimate of drug-likeness (QED) is 0.395. The van der Waals surface area contributed by atoms with Gasteiger partial charge in [0.2, 0.25) is 0 Å². The first kappa shape index (κ1) is 19.6. The average molecular weight is 395 g/mol. The summed E-state index contributed by atoms with van der Waals surface area (Å²) < 4.78 is 2.08. The van der Waals surface area contributed by atoms with Crippen molar-refractivity contribution in [3.05, 3.63) is 102 Å². The molecule has 0 radical (unpaired) electrons. The number of pyridine rings is 1. The van der Waals surface area contributed by atoms with Gasteiger partial charge in [0.1, 0.15) is 0 Å². The highest BCUT2D eigenvalue weighted by Crippen LogP contribution is 2.21. The van der Waals surface area contributed by atoms with Gasteiger partial charge >= 0.3 is 0 Å². The summed E-state index contributed by atoms with van der Waals surface area (Å²) >= 11 is 0. The lowest BCUT2D eigenvalue weighted by Crippen LogP contribution is -1.95. The van der Waals surface area contributed by atoms with Gasteiger partial charge in [-0.1, -0.05) is 50.3 Å². The first-order valence-electron chi connectivity index (χ1n) is 10.2. The van der Waals surface area contributed by atoms with E-state index in [9.17, 15) is 0 Å². The molecule has 0 bridgehead atoms. The van der Waals surface area contributed by atoms with Crippen LogP contribution < -0.4 is 5.32 Å². The second-order valence-electron chi connectivity index (χ2n) is 7.79. The SMILES string of the molecule is CC(C)Cc1cn(-c2cccc(Nc3ccc(/C=C/c4cccnc4)cc3)c2)cn1. The van der Waals surface area contributed by atoms with Crippen LogP contribution in [0.2, 0.25) is 0 Å². The number of aromatic nitrogens is 3. The number of benzene rings is 2. The number of anilines is 2. The molecule has 0 spiro atoms. The molecule has 0 aliphatic heterocycles. The third-order valence-corrected chi connectivity index (χ3v) is 4.75. The van der Waals surface area contributed by atoms with Crippen LogP contribution in [0.5, 0.6) is 0 Å². The lowest BCUT2D eigenvalue weighted by Gasteiger charge is -2.09. The van der Waals surface area contributed by atoms with E-state index in [2.05, 4.69) is 101 Å². The van der Waals surface area contributed by atoms with Crippen molar-refractivity contribution in [3.63, 3.8) is 0 Å². The van der Waals surface area contributed by atoms with Gasteiger partial charge in [0.25, 0.3) is 0 Å². The maximum Gasteiger partial charge on any atom is 0.0995 e. The van der Waals surface area contributed by atoms with Crippen molar-refractivity contribution >= 4 is 23.5 Å². The number of rotatable bonds is 7. The first-order chi connectivity index (χ1) is 14.7. The minimum atomic E-state index is 0.600. The Balaban J connectivity index is 1.44. The molecule has 0 saturated carbocycles. The Labute approximate surface area is 178 Å². The van der Waals surface area contributed by atoms with Crippen molar-refractivity contribution in [3.8, 4) is 5.69 Å². The van der Waals surface area contributed by atoms with Crippen LogP contribution in [0.4, 0.5) is 11.4 Å². The van der Waals surface area contributed by atoms with E-state index < -0.39 is 0 Å². The molecule has 0 fully saturated rings. The molecule has 0 aliphatic carbocycles. The van der Waals surface area contributed by atoms with Crippen molar-refractivity contribution in [2.45, 2.75) is 20.3 Å². The molecule has 4 heteroatoms. The summed E-state index contributed by atoms with van der Waals surface area (Å²) in [7, 11) is 0. The van der Waals surface area contributed by atoms with Gasteiger partial charge in [-0.3, -0.25) is 4.98 Å². The fraction of sp³-hybridized carbons (Fsp3) is 0.154. The Kier molecular flexibility index (Phi) is 6.04. The van der Waals surface area contributed by atoms with E-state index >= 15 is 0 Å². The highest BCUT2D eigenvalue weighted by Gasteiger charge is 2.04.